The maximum absolute atomic E-state index is 4.38. The summed E-state index contributed by atoms with van der Waals surface area (Å²) in [6.07, 6.45) is 0. The van der Waals surface area contributed by atoms with Crippen LogP contribution in [-0.2, 0) is 13.3 Å². The lowest BCUT2D eigenvalue weighted by Crippen LogP contribution is -2.32. The number of hydrogen-bond acceptors (Lipinski definition) is 5. The molecule has 2 aromatic heterocycles. The molecule has 0 fully saturated rings. The molecule has 7 nitrogen and oxygen atoms in total. The van der Waals surface area contributed by atoms with E-state index in [9.17, 15) is 0 Å². The Kier molecular flexibility index (Phi) is 4.50. The zero-order chi connectivity index (χ0) is 19.6. The van der Waals surface area contributed by atoms with Crippen molar-refractivity contribution < 1.29 is 0 Å². The van der Waals surface area contributed by atoms with Crippen LogP contribution < -0.4 is 0 Å². The van der Waals surface area contributed by atoms with Crippen molar-refractivity contribution in [2.75, 3.05) is 0 Å². The molecule has 5 aromatic rings. The Labute approximate surface area is 168 Å². The number of para-hydroxylation sites is 2. The Hall–Kier alpha value is -3.58. The largest absolute Gasteiger partial charge is 0.258 e. The topological polar surface area (TPSA) is 64.7 Å². The molecule has 1 unspecified atom stereocenters. The fourth-order valence-corrected chi connectivity index (χ4v) is 3.62. The maximum Gasteiger partial charge on any atom is 0.113 e. The molecular formula is C22H21N7. The van der Waals surface area contributed by atoms with Crippen LogP contribution in [0.25, 0.3) is 22.1 Å². The van der Waals surface area contributed by atoms with Crippen LogP contribution in [0.15, 0.2) is 78.9 Å². The number of rotatable bonds is 6. The summed E-state index contributed by atoms with van der Waals surface area (Å²) in [5.41, 5.74) is 5.06. The zero-order valence-electron chi connectivity index (χ0n) is 16.1. The first-order chi connectivity index (χ1) is 14.3. The van der Waals surface area contributed by atoms with Gasteiger partial charge >= 0.3 is 0 Å². The molecule has 0 aliphatic heterocycles. The minimum atomic E-state index is 0.155. The van der Waals surface area contributed by atoms with Crippen molar-refractivity contribution in [1.82, 2.24) is 34.9 Å². The van der Waals surface area contributed by atoms with Gasteiger partial charge in [-0.25, -0.2) is 9.36 Å². The molecule has 0 saturated carbocycles. The first-order valence-corrected chi connectivity index (χ1v) is 9.65. The van der Waals surface area contributed by atoms with E-state index in [4.69, 9.17) is 0 Å². The highest BCUT2D eigenvalue weighted by atomic mass is 15.5. The third-order valence-electron chi connectivity index (χ3n) is 5.30. The standard InChI is InChI=1S/C22H21N7/c1-17(18-9-3-2-4-10-18)27(15-28-21-13-7-5-11-19(21)23-25-28)16-29-22-14-8-6-12-20(22)24-26-29/h2-14,17H,15-16H2,1H3. The minimum Gasteiger partial charge on any atom is -0.258 e. The van der Waals surface area contributed by atoms with Crippen molar-refractivity contribution >= 4 is 22.1 Å². The molecule has 0 radical (unpaired) electrons. The molecule has 0 spiro atoms. The van der Waals surface area contributed by atoms with Crippen molar-refractivity contribution in [1.29, 1.82) is 0 Å². The molecule has 2 heterocycles. The van der Waals surface area contributed by atoms with Gasteiger partial charge < -0.3 is 0 Å². The molecule has 1 atom stereocenters. The molecular weight excluding hydrogens is 362 g/mol. The molecule has 0 N–H and O–H groups in total. The zero-order valence-corrected chi connectivity index (χ0v) is 16.1. The van der Waals surface area contributed by atoms with E-state index in [2.05, 4.69) is 56.7 Å². The fraction of sp³-hybridized carbons (Fsp3) is 0.182. The normalized spacial score (nSPS) is 12.8. The van der Waals surface area contributed by atoms with Gasteiger partial charge in [-0.2, -0.15) is 0 Å². The predicted molar refractivity (Wildman–Crippen MR) is 112 cm³/mol. The van der Waals surface area contributed by atoms with E-state index >= 15 is 0 Å². The van der Waals surface area contributed by atoms with Crippen LogP contribution in [0.3, 0.4) is 0 Å². The van der Waals surface area contributed by atoms with Crippen LogP contribution in [0.4, 0.5) is 0 Å². The molecule has 29 heavy (non-hydrogen) atoms. The smallest absolute Gasteiger partial charge is 0.113 e. The predicted octanol–water partition coefficient (Wildman–Crippen LogP) is 3.85. The minimum absolute atomic E-state index is 0.155. The summed E-state index contributed by atoms with van der Waals surface area (Å²) in [6.45, 7) is 3.38. The van der Waals surface area contributed by atoms with Gasteiger partial charge in [0.05, 0.1) is 24.4 Å². The number of nitrogens with zero attached hydrogens (tertiary/aromatic N) is 7. The van der Waals surface area contributed by atoms with Crippen molar-refractivity contribution in [3.05, 3.63) is 84.4 Å². The molecule has 0 aliphatic carbocycles. The number of hydrogen-bond donors (Lipinski definition) is 0. The molecule has 0 aliphatic rings. The van der Waals surface area contributed by atoms with Gasteiger partial charge in [0.2, 0.25) is 0 Å². The average molecular weight is 383 g/mol. The second-order valence-electron chi connectivity index (χ2n) is 7.11. The molecule has 0 saturated heterocycles. The van der Waals surface area contributed by atoms with Crippen molar-refractivity contribution in [2.24, 2.45) is 0 Å². The van der Waals surface area contributed by atoms with Gasteiger partial charge in [-0.3, -0.25) is 4.90 Å². The van der Waals surface area contributed by atoms with Crippen LogP contribution in [0.2, 0.25) is 0 Å². The van der Waals surface area contributed by atoms with E-state index in [1.165, 1.54) is 5.56 Å². The molecule has 5 rings (SSSR count). The van der Waals surface area contributed by atoms with E-state index in [0.29, 0.717) is 13.3 Å². The molecule has 3 aromatic carbocycles. The lowest BCUT2D eigenvalue weighted by Gasteiger charge is -2.29. The lowest BCUT2D eigenvalue weighted by atomic mass is 10.1. The number of aromatic nitrogens is 6. The van der Waals surface area contributed by atoms with Gasteiger partial charge in [-0.05, 0) is 36.8 Å². The lowest BCUT2D eigenvalue weighted by molar-refractivity contribution is 0.108. The first kappa shape index (κ1) is 17.5. The van der Waals surface area contributed by atoms with Gasteiger partial charge in [0.1, 0.15) is 11.0 Å². The van der Waals surface area contributed by atoms with Crippen LogP contribution >= 0.6 is 0 Å². The summed E-state index contributed by atoms with van der Waals surface area (Å²) in [4.78, 5) is 2.32. The van der Waals surface area contributed by atoms with Gasteiger partial charge in [0.25, 0.3) is 0 Å². The maximum atomic E-state index is 4.38. The average Bonchev–Trinajstić information content (AvgIpc) is 3.38. The van der Waals surface area contributed by atoms with Crippen LogP contribution in [-0.4, -0.2) is 34.9 Å². The van der Waals surface area contributed by atoms with Crippen molar-refractivity contribution in [3.63, 3.8) is 0 Å². The second kappa shape index (κ2) is 7.44. The Morgan fingerprint density at radius 3 is 1.72 bits per heavy atom. The third kappa shape index (κ3) is 3.36. The highest BCUT2D eigenvalue weighted by molar-refractivity contribution is 5.74. The van der Waals surface area contributed by atoms with E-state index in [1.807, 2.05) is 64.0 Å². The summed E-state index contributed by atoms with van der Waals surface area (Å²) in [5.74, 6) is 0. The van der Waals surface area contributed by atoms with Gasteiger partial charge in [0.15, 0.2) is 0 Å². The Morgan fingerprint density at radius 1 is 0.690 bits per heavy atom. The Balaban J connectivity index is 1.52. The summed E-state index contributed by atoms with van der Waals surface area (Å²) < 4.78 is 3.88. The molecule has 0 bridgehead atoms. The molecule has 7 heteroatoms. The summed E-state index contributed by atoms with van der Waals surface area (Å²) >= 11 is 0. The molecule has 0 amide bonds. The van der Waals surface area contributed by atoms with Crippen molar-refractivity contribution in [3.8, 4) is 0 Å². The quantitative estimate of drug-likeness (QED) is 0.446. The van der Waals surface area contributed by atoms with E-state index in [0.717, 1.165) is 22.1 Å². The summed E-state index contributed by atoms with van der Waals surface area (Å²) in [5, 5.41) is 17.4. The first-order valence-electron chi connectivity index (χ1n) is 9.65. The van der Waals surface area contributed by atoms with Gasteiger partial charge in [-0.15, -0.1) is 10.2 Å². The van der Waals surface area contributed by atoms with E-state index in [-0.39, 0.29) is 6.04 Å². The van der Waals surface area contributed by atoms with E-state index < -0.39 is 0 Å². The Bertz CT molecular complexity index is 1170. The monoisotopic (exact) mass is 383 g/mol. The van der Waals surface area contributed by atoms with Crippen molar-refractivity contribution in [2.45, 2.75) is 26.3 Å². The highest BCUT2D eigenvalue weighted by Gasteiger charge is 2.19. The highest BCUT2D eigenvalue weighted by Crippen LogP contribution is 2.23. The van der Waals surface area contributed by atoms with Crippen LogP contribution in [0.1, 0.15) is 18.5 Å². The second-order valence-corrected chi connectivity index (χ2v) is 7.11. The van der Waals surface area contributed by atoms with Gasteiger partial charge in [0, 0.05) is 6.04 Å². The summed E-state index contributed by atoms with van der Waals surface area (Å²) in [6, 6.07) is 26.7. The number of fused-ring (bicyclic) bond motifs is 2. The third-order valence-corrected chi connectivity index (χ3v) is 5.30. The Morgan fingerprint density at radius 2 is 1.17 bits per heavy atom. The van der Waals surface area contributed by atoms with E-state index in [1.54, 1.807) is 0 Å². The van der Waals surface area contributed by atoms with Crippen LogP contribution in [0, 0.1) is 0 Å². The molecule has 144 valence electrons. The SMILES string of the molecule is CC(c1ccccc1)N(Cn1nnc2ccccc21)Cn1nnc2ccccc21. The fourth-order valence-electron chi connectivity index (χ4n) is 3.62. The van der Waals surface area contributed by atoms with Crippen LogP contribution in [0.5, 0.6) is 0 Å². The summed E-state index contributed by atoms with van der Waals surface area (Å²) in [7, 11) is 0. The van der Waals surface area contributed by atoms with Gasteiger partial charge in [-0.1, -0.05) is 65.0 Å². The number of benzene rings is 3.